The average Bonchev–Trinajstić information content (AvgIpc) is 3.48. The van der Waals surface area contributed by atoms with Gasteiger partial charge < -0.3 is 50.7 Å². The van der Waals surface area contributed by atoms with Crippen LogP contribution in [-0.4, -0.2) is 71.5 Å². The Morgan fingerprint density at radius 3 is 1.56 bits per heavy atom. The Labute approximate surface area is 450 Å². The number of nitrogens with two attached hydrogens (primary N) is 2. The van der Waals surface area contributed by atoms with Crippen molar-refractivity contribution in [2.75, 3.05) is 33.3 Å². The molecule has 1 aliphatic rings. The first-order valence-corrected chi connectivity index (χ1v) is 24.9. The van der Waals surface area contributed by atoms with Gasteiger partial charge in [-0.25, -0.2) is 9.69 Å². The van der Waals surface area contributed by atoms with Crippen LogP contribution in [0, 0.1) is 27.0 Å². The Hall–Kier alpha value is -9.09. The molecule has 2 aromatic heterocycles. The molecule has 3 heterocycles. The SMILES string of the molecule is NCC(O)CN.[C-]#[N+]c1cncc(COc2cc(OCc3cccc(-c4ccccc4)c3C)ccc2C2=NCC(O)CN2)c1.[C-]#[N+]c1cncc(COc2cc(OCc3cccc(-c4ccccc4)c3C)ccc2OC)c1. The number of nitrogens with zero attached hydrogens (tertiary/aromatic N) is 5. The van der Waals surface area contributed by atoms with Crippen molar-refractivity contribution in [2.24, 2.45) is 16.5 Å². The molecule has 1 aliphatic heterocycles. The van der Waals surface area contributed by atoms with E-state index in [1.165, 1.54) is 45.8 Å². The number of hydrogen-bond acceptors (Lipinski definition) is 13. The number of aromatic nitrogens is 2. The lowest BCUT2D eigenvalue weighted by Gasteiger charge is -2.21. The van der Waals surface area contributed by atoms with Gasteiger partial charge in [-0.1, -0.05) is 97.1 Å². The van der Waals surface area contributed by atoms with Crippen LogP contribution >= 0.6 is 0 Å². The summed E-state index contributed by atoms with van der Waals surface area (Å²) in [4.78, 5) is 19.5. The fraction of sp³-hybridized carbons (Fsp3) is 0.210. The molecule has 0 fully saturated rings. The molecule has 8 aromatic rings. The molecule has 9 rings (SSSR count). The number of aliphatic hydroxyl groups excluding tert-OH is 2. The topological polar surface area (TPSA) is 198 Å². The first kappa shape index (κ1) is 55.7. The van der Waals surface area contributed by atoms with Gasteiger partial charge in [0.05, 0.1) is 44.6 Å². The number of pyridine rings is 2. The molecule has 0 saturated carbocycles. The summed E-state index contributed by atoms with van der Waals surface area (Å²) >= 11 is 0. The molecule has 1 unspecified atom stereocenters. The third kappa shape index (κ3) is 16.0. The van der Waals surface area contributed by atoms with Crippen molar-refractivity contribution in [2.45, 2.75) is 52.5 Å². The minimum atomic E-state index is -0.511. The number of methoxy groups -OCH3 is 1. The Morgan fingerprint density at radius 1 is 0.584 bits per heavy atom. The predicted octanol–water partition coefficient (Wildman–Crippen LogP) is 10.5. The van der Waals surface area contributed by atoms with Gasteiger partial charge in [0.15, 0.2) is 11.5 Å². The molecule has 15 nitrogen and oxygen atoms in total. The molecular weight excluding hydrogens is 969 g/mol. The summed E-state index contributed by atoms with van der Waals surface area (Å²) < 4.78 is 29.9. The van der Waals surface area contributed by atoms with E-state index in [1.807, 2.05) is 72.8 Å². The van der Waals surface area contributed by atoms with E-state index in [0.717, 1.165) is 27.8 Å². The van der Waals surface area contributed by atoms with Crippen molar-refractivity contribution in [3.8, 4) is 51.0 Å². The van der Waals surface area contributed by atoms with E-state index < -0.39 is 12.2 Å². The summed E-state index contributed by atoms with van der Waals surface area (Å²) in [7, 11) is 1.60. The number of aliphatic imine (C=N–C) groups is 1. The van der Waals surface area contributed by atoms with E-state index in [2.05, 4.69) is 104 Å². The van der Waals surface area contributed by atoms with Gasteiger partial charge in [-0.2, -0.15) is 0 Å². The molecule has 1 atom stereocenters. The molecule has 77 heavy (non-hydrogen) atoms. The van der Waals surface area contributed by atoms with Gasteiger partial charge in [-0.3, -0.25) is 15.0 Å². The molecule has 7 N–H and O–H groups in total. The third-order valence-corrected chi connectivity index (χ3v) is 12.3. The summed E-state index contributed by atoms with van der Waals surface area (Å²) in [6, 6.07) is 47.9. The molecule has 0 spiro atoms. The molecule has 0 amide bonds. The maximum absolute atomic E-state index is 9.83. The van der Waals surface area contributed by atoms with E-state index in [1.54, 1.807) is 31.6 Å². The zero-order valence-electron chi connectivity index (χ0n) is 43.3. The van der Waals surface area contributed by atoms with Crippen LogP contribution in [-0.2, 0) is 26.4 Å². The summed E-state index contributed by atoms with van der Waals surface area (Å²) in [6.45, 7) is 21.2. The Kier molecular flexibility index (Phi) is 20.6. The third-order valence-electron chi connectivity index (χ3n) is 12.3. The number of rotatable bonds is 18. The number of β-amino-alcohol motifs (C(OH)–C–C–N with tert-alkyl or cyclic N) is 1. The highest BCUT2D eigenvalue weighted by atomic mass is 16.5. The highest BCUT2D eigenvalue weighted by molar-refractivity contribution is 6.01. The van der Waals surface area contributed by atoms with Crippen molar-refractivity contribution in [3.63, 3.8) is 0 Å². The summed E-state index contributed by atoms with van der Waals surface area (Å²) in [6.07, 6.45) is 5.40. The zero-order chi connectivity index (χ0) is 54.4. The normalized spacial score (nSPS) is 12.4. The Bertz CT molecular complexity index is 3300. The number of benzene rings is 6. The van der Waals surface area contributed by atoms with Crippen molar-refractivity contribution >= 4 is 17.2 Å². The molecule has 392 valence electrons. The predicted molar refractivity (Wildman–Crippen MR) is 301 cm³/mol. The second kappa shape index (κ2) is 28.5. The van der Waals surface area contributed by atoms with Crippen molar-refractivity contribution in [1.29, 1.82) is 0 Å². The maximum Gasteiger partial charge on any atom is 0.205 e. The lowest BCUT2D eigenvalue weighted by Crippen LogP contribution is -2.39. The molecule has 15 heteroatoms. The number of nitrogens with one attached hydrogen (secondary N) is 1. The van der Waals surface area contributed by atoms with Crippen LogP contribution in [0.15, 0.2) is 175 Å². The van der Waals surface area contributed by atoms with Crippen LogP contribution in [0.4, 0.5) is 11.4 Å². The van der Waals surface area contributed by atoms with Crippen LogP contribution in [0.3, 0.4) is 0 Å². The standard InChI is InChI=1S/C31H28N4O3.C28H24N2O3.C3H10N2O/c1-21-24(9-6-10-28(21)23-7-4-3-5-8-23)20-37-27-11-12-29(31-34-17-26(36)18-35-31)30(14-27)38-19-22-13-25(32-2)16-33-15-22;1-20-23(10-7-11-26(20)22-8-5-4-6-9-22)19-32-25-12-13-27(31-3)28(15-25)33-18-21-14-24(29-2)17-30-16-21;4-1-3(6)2-5/h3-16,26,36H,17-20H2,1H3,(H,34,35);4-17H,18-19H2,1,3H3;3,6H,1-2,4-5H2. The summed E-state index contributed by atoms with van der Waals surface area (Å²) in [5, 5.41) is 21.4. The number of hydrogen-bond donors (Lipinski definition) is 5. The Balaban J connectivity index is 0.000000204. The van der Waals surface area contributed by atoms with Gasteiger partial charge >= 0.3 is 0 Å². The van der Waals surface area contributed by atoms with Gasteiger partial charge in [0.25, 0.3) is 0 Å². The molecule has 6 aromatic carbocycles. The molecule has 0 aliphatic carbocycles. The van der Waals surface area contributed by atoms with Crippen molar-refractivity contribution in [1.82, 2.24) is 15.3 Å². The lowest BCUT2D eigenvalue weighted by atomic mass is 9.97. The second-order valence-electron chi connectivity index (χ2n) is 17.7. The second-order valence-corrected chi connectivity index (χ2v) is 17.7. The van der Waals surface area contributed by atoms with Gasteiger partial charge in [0.1, 0.15) is 49.5 Å². The highest BCUT2D eigenvalue weighted by Gasteiger charge is 2.19. The summed E-state index contributed by atoms with van der Waals surface area (Å²) in [5.74, 6) is 3.78. The van der Waals surface area contributed by atoms with Gasteiger partial charge in [0.2, 0.25) is 11.4 Å². The highest BCUT2D eigenvalue weighted by Crippen LogP contribution is 2.34. The number of ether oxygens (including phenoxy) is 5. The van der Waals surface area contributed by atoms with E-state index in [0.29, 0.717) is 72.3 Å². The fourth-order valence-corrected chi connectivity index (χ4v) is 7.99. The van der Waals surface area contributed by atoms with E-state index in [4.69, 9.17) is 53.4 Å². The van der Waals surface area contributed by atoms with Crippen molar-refractivity contribution < 1.29 is 33.9 Å². The van der Waals surface area contributed by atoms with E-state index in [-0.39, 0.29) is 26.3 Å². The fourth-order valence-electron chi connectivity index (χ4n) is 7.99. The monoisotopic (exact) mass is 1030 g/mol. The van der Waals surface area contributed by atoms with Gasteiger partial charge in [-0.05, 0) is 106 Å². The Morgan fingerprint density at radius 2 is 1.09 bits per heavy atom. The number of aliphatic hydroxyl groups is 2. The first-order valence-electron chi connectivity index (χ1n) is 24.9. The van der Waals surface area contributed by atoms with Crippen LogP contribution in [0.1, 0.15) is 38.9 Å². The zero-order valence-corrected chi connectivity index (χ0v) is 43.3. The summed E-state index contributed by atoms with van der Waals surface area (Å²) in [5.41, 5.74) is 22.6. The van der Waals surface area contributed by atoms with E-state index in [9.17, 15) is 5.11 Å². The van der Waals surface area contributed by atoms with E-state index >= 15 is 0 Å². The smallest absolute Gasteiger partial charge is 0.205 e. The molecule has 0 saturated heterocycles. The molecule has 0 radical (unpaired) electrons. The minimum Gasteiger partial charge on any atom is -0.493 e. The van der Waals surface area contributed by atoms with Gasteiger partial charge in [-0.15, -0.1) is 0 Å². The molecular formula is C62H62N8O7. The minimum absolute atomic E-state index is 0.237. The quantitative estimate of drug-likeness (QED) is 0.0511. The van der Waals surface area contributed by atoms with Gasteiger partial charge in [0, 0.05) is 56.6 Å². The lowest BCUT2D eigenvalue weighted by molar-refractivity contribution is 0.181. The molecule has 0 bridgehead atoms. The first-order chi connectivity index (χ1) is 37.6. The van der Waals surface area contributed by atoms with Crippen LogP contribution in [0.2, 0.25) is 0 Å². The van der Waals surface area contributed by atoms with Crippen molar-refractivity contribution in [3.05, 3.63) is 232 Å². The van der Waals surface area contributed by atoms with Crippen LogP contribution in [0.5, 0.6) is 28.7 Å². The largest absolute Gasteiger partial charge is 0.493 e. The van der Waals surface area contributed by atoms with Crippen LogP contribution in [0.25, 0.3) is 31.9 Å². The number of amidine groups is 1. The maximum atomic E-state index is 9.83. The average molecular weight is 1030 g/mol. The van der Waals surface area contributed by atoms with Crippen LogP contribution < -0.4 is 40.5 Å².